The average Bonchev–Trinajstić information content (AvgIpc) is 2.27. The molecule has 0 saturated carbocycles. The first kappa shape index (κ1) is 16.4. The number of nitrogens with two attached hydrogens (primary N) is 1. The number of rotatable bonds is 5. The first-order chi connectivity index (χ1) is 8.81. The summed E-state index contributed by atoms with van der Waals surface area (Å²) in [5.41, 5.74) is 6.24. The maximum atomic E-state index is 12.2. The van der Waals surface area contributed by atoms with Crippen molar-refractivity contribution in [1.82, 2.24) is 4.90 Å². The lowest BCUT2D eigenvalue weighted by molar-refractivity contribution is -0.133. The fourth-order valence-electron chi connectivity index (χ4n) is 2.92. The maximum Gasteiger partial charge on any atom is 0.224 e. The fraction of sp³-hybridized carbons (Fsp3) is 0.933. The number of aliphatic hydroxyl groups excluding tert-OH is 1. The first-order valence-corrected chi connectivity index (χ1v) is 7.46. The zero-order valence-electron chi connectivity index (χ0n) is 12.7. The van der Waals surface area contributed by atoms with E-state index in [0.717, 1.165) is 38.8 Å². The molecule has 112 valence electrons. The second-order valence-electron chi connectivity index (χ2n) is 7.09. The lowest BCUT2D eigenvalue weighted by Gasteiger charge is -2.33. The number of carbonyl (C=O) groups is 1. The predicted octanol–water partition coefficient (Wildman–Crippen LogP) is 1.76. The van der Waals surface area contributed by atoms with Gasteiger partial charge in [-0.25, -0.2) is 0 Å². The van der Waals surface area contributed by atoms with Gasteiger partial charge >= 0.3 is 0 Å². The van der Waals surface area contributed by atoms with E-state index in [0.29, 0.717) is 12.3 Å². The number of hydrogen-bond acceptors (Lipinski definition) is 3. The van der Waals surface area contributed by atoms with E-state index in [-0.39, 0.29) is 24.0 Å². The molecule has 19 heavy (non-hydrogen) atoms. The van der Waals surface area contributed by atoms with E-state index in [1.807, 2.05) is 4.90 Å². The number of carbonyl (C=O) groups excluding carboxylic acids is 1. The summed E-state index contributed by atoms with van der Waals surface area (Å²) in [7, 11) is 0. The summed E-state index contributed by atoms with van der Waals surface area (Å²) in [4.78, 5) is 14.2. The van der Waals surface area contributed by atoms with Crippen molar-refractivity contribution in [3.05, 3.63) is 0 Å². The molecule has 0 aromatic heterocycles. The van der Waals surface area contributed by atoms with Crippen molar-refractivity contribution in [3.8, 4) is 0 Å². The van der Waals surface area contributed by atoms with Crippen molar-refractivity contribution in [1.29, 1.82) is 0 Å². The number of nitrogens with zero attached hydrogens (tertiary/aromatic N) is 1. The Kier molecular flexibility index (Phi) is 6.27. The molecule has 0 aromatic rings. The van der Waals surface area contributed by atoms with Crippen LogP contribution in [-0.4, -0.2) is 41.7 Å². The van der Waals surface area contributed by atoms with Crippen molar-refractivity contribution in [3.63, 3.8) is 0 Å². The van der Waals surface area contributed by atoms with Crippen LogP contribution < -0.4 is 5.73 Å². The van der Waals surface area contributed by atoms with Gasteiger partial charge in [0.2, 0.25) is 5.91 Å². The van der Waals surface area contributed by atoms with Gasteiger partial charge in [0.15, 0.2) is 0 Å². The van der Waals surface area contributed by atoms with Crippen LogP contribution in [-0.2, 0) is 4.79 Å². The Hall–Kier alpha value is -0.610. The third-order valence-electron chi connectivity index (χ3n) is 3.72. The number of piperidine rings is 1. The molecule has 1 fully saturated rings. The van der Waals surface area contributed by atoms with E-state index in [4.69, 9.17) is 10.8 Å². The van der Waals surface area contributed by atoms with Crippen LogP contribution in [0.15, 0.2) is 0 Å². The highest BCUT2D eigenvalue weighted by atomic mass is 16.3. The van der Waals surface area contributed by atoms with Crippen LogP contribution in [0.5, 0.6) is 0 Å². The summed E-state index contributed by atoms with van der Waals surface area (Å²) < 4.78 is 0. The molecule has 1 aliphatic rings. The van der Waals surface area contributed by atoms with Gasteiger partial charge in [0.1, 0.15) is 0 Å². The summed E-state index contributed by atoms with van der Waals surface area (Å²) in [6.07, 6.45) is 4.29. The van der Waals surface area contributed by atoms with Gasteiger partial charge in [-0.3, -0.25) is 4.79 Å². The smallest absolute Gasteiger partial charge is 0.224 e. The maximum absolute atomic E-state index is 12.2. The summed E-state index contributed by atoms with van der Waals surface area (Å²) >= 11 is 0. The van der Waals surface area contributed by atoms with E-state index in [2.05, 4.69) is 20.8 Å². The van der Waals surface area contributed by atoms with Crippen LogP contribution in [0.4, 0.5) is 0 Å². The van der Waals surface area contributed by atoms with E-state index in [9.17, 15) is 4.79 Å². The number of aliphatic hydroxyl groups is 1. The molecular weight excluding hydrogens is 240 g/mol. The Morgan fingerprint density at radius 1 is 1.47 bits per heavy atom. The van der Waals surface area contributed by atoms with Gasteiger partial charge < -0.3 is 15.7 Å². The number of amides is 1. The van der Waals surface area contributed by atoms with Crippen LogP contribution in [0.2, 0.25) is 0 Å². The second kappa shape index (κ2) is 7.25. The van der Waals surface area contributed by atoms with Crippen LogP contribution >= 0.6 is 0 Å². The Labute approximate surface area is 117 Å². The molecule has 1 rings (SSSR count). The van der Waals surface area contributed by atoms with Crippen molar-refractivity contribution in [2.24, 2.45) is 17.1 Å². The molecule has 1 heterocycles. The molecule has 1 saturated heterocycles. The lowest BCUT2D eigenvalue weighted by Crippen LogP contribution is -2.43. The second-order valence-corrected chi connectivity index (χ2v) is 7.09. The van der Waals surface area contributed by atoms with E-state index in [1.165, 1.54) is 0 Å². The molecule has 0 aromatic carbocycles. The van der Waals surface area contributed by atoms with Gasteiger partial charge in [0.25, 0.3) is 0 Å². The monoisotopic (exact) mass is 270 g/mol. The van der Waals surface area contributed by atoms with Gasteiger partial charge in [0.05, 0.1) is 0 Å². The SMILES string of the molecule is CC(C)(C)CC(N)CC(=O)N1CCCC(CCO)C1. The highest BCUT2D eigenvalue weighted by Crippen LogP contribution is 2.23. The molecular formula is C15H30N2O2. The van der Waals surface area contributed by atoms with E-state index < -0.39 is 0 Å². The van der Waals surface area contributed by atoms with Crippen LogP contribution in [0, 0.1) is 11.3 Å². The van der Waals surface area contributed by atoms with E-state index >= 15 is 0 Å². The zero-order valence-corrected chi connectivity index (χ0v) is 12.7. The molecule has 2 unspecified atom stereocenters. The third-order valence-corrected chi connectivity index (χ3v) is 3.72. The van der Waals surface area contributed by atoms with Gasteiger partial charge in [0, 0.05) is 32.2 Å². The molecule has 3 N–H and O–H groups in total. The Bertz CT molecular complexity index is 284. The molecule has 0 radical (unpaired) electrons. The topological polar surface area (TPSA) is 66.6 Å². The van der Waals surface area contributed by atoms with Crippen LogP contribution in [0.25, 0.3) is 0 Å². The highest BCUT2D eigenvalue weighted by molar-refractivity contribution is 5.76. The molecule has 4 nitrogen and oxygen atoms in total. The summed E-state index contributed by atoms with van der Waals surface area (Å²) in [5.74, 6) is 0.640. The third kappa shape index (κ3) is 6.39. The molecule has 0 spiro atoms. The minimum Gasteiger partial charge on any atom is -0.396 e. The number of likely N-dealkylation sites (tertiary alicyclic amines) is 1. The quantitative estimate of drug-likeness (QED) is 0.800. The first-order valence-electron chi connectivity index (χ1n) is 7.46. The molecule has 1 amide bonds. The summed E-state index contributed by atoms with van der Waals surface area (Å²) in [5, 5.41) is 8.99. The van der Waals surface area contributed by atoms with Crippen molar-refractivity contribution in [2.45, 2.75) is 58.9 Å². The van der Waals surface area contributed by atoms with Crippen molar-refractivity contribution in [2.75, 3.05) is 19.7 Å². The van der Waals surface area contributed by atoms with E-state index in [1.54, 1.807) is 0 Å². The molecule has 0 bridgehead atoms. The lowest BCUT2D eigenvalue weighted by atomic mass is 9.87. The fourth-order valence-corrected chi connectivity index (χ4v) is 2.92. The Morgan fingerprint density at radius 3 is 2.74 bits per heavy atom. The van der Waals surface area contributed by atoms with Gasteiger partial charge in [-0.15, -0.1) is 0 Å². The molecule has 2 atom stereocenters. The average molecular weight is 270 g/mol. The molecule has 0 aliphatic carbocycles. The van der Waals surface area contributed by atoms with Gasteiger partial charge in [-0.2, -0.15) is 0 Å². The standard InChI is InChI=1S/C15H30N2O2/c1-15(2,3)10-13(16)9-14(19)17-7-4-5-12(11-17)6-8-18/h12-13,18H,4-11,16H2,1-3H3. The van der Waals surface area contributed by atoms with Crippen molar-refractivity contribution < 1.29 is 9.90 Å². The molecule has 4 heteroatoms. The van der Waals surface area contributed by atoms with Crippen molar-refractivity contribution >= 4 is 5.91 Å². The molecule has 1 aliphatic heterocycles. The highest BCUT2D eigenvalue weighted by Gasteiger charge is 2.25. The largest absolute Gasteiger partial charge is 0.396 e. The Balaban J connectivity index is 2.40. The number of hydrogen-bond donors (Lipinski definition) is 2. The summed E-state index contributed by atoms with van der Waals surface area (Å²) in [6, 6.07) is -0.0503. The van der Waals surface area contributed by atoms with Gasteiger partial charge in [-0.1, -0.05) is 20.8 Å². The minimum absolute atomic E-state index is 0.0503. The zero-order chi connectivity index (χ0) is 14.5. The van der Waals surface area contributed by atoms with Crippen LogP contribution in [0.3, 0.4) is 0 Å². The van der Waals surface area contributed by atoms with Crippen LogP contribution in [0.1, 0.15) is 52.9 Å². The minimum atomic E-state index is -0.0503. The Morgan fingerprint density at radius 2 is 2.16 bits per heavy atom. The summed E-state index contributed by atoms with van der Waals surface area (Å²) in [6.45, 7) is 8.31. The van der Waals surface area contributed by atoms with Gasteiger partial charge in [-0.05, 0) is 37.0 Å². The normalized spacial score (nSPS) is 22.4. The predicted molar refractivity (Wildman–Crippen MR) is 77.7 cm³/mol.